The van der Waals surface area contributed by atoms with Crippen LogP contribution in [0.1, 0.15) is 51.2 Å². The smallest absolute Gasteiger partial charge is 0.122 e. The Morgan fingerprint density at radius 1 is 1.35 bits per heavy atom. The number of benzene rings is 1. The van der Waals surface area contributed by atoms with E-state index < -0.39 is 0 Å². The Labute approximate surface area is 105 Å². The third-order valence-corrected chi connectivity index (χ3v) is 3.02. The van der Waals surface area contributed by atoms with Gasteiger partial charge in [-0.25, -0.2) is 0 Å². The van der Waals surface area contributed by atoms with E-state index in [0.29, 0.717) is 5.92 Å². The Morgan fingerprint density at radius 3 is 2.47 bits per heavy atom. The van der Waals surface area contributed by atoms with Gasteiger partial charge in [0, 0.05) is 6.42 Å². The quantitative estimate of drug-likeness (QED) is 0.710. The van der Waals surface area contributed by atoms with Crippen LogP contribution in [0.3, 0.4) is 0 Å². The average molecular weight is 230 g/mol. The van der Waals surface area contributed by atoms with Crippen LogP contribution in [-0.2, 0) is 5.41 Å². The second kappa shape index (κ2) is 5.27. The number of methoxy groups -OCH3 is 1. The van der Waals surface area contributed by atoms with Crippen LogP contribution in [0.15, 0.2) is 18.2 Å². The fraction of sp³-hybridized carbons (Fsp3) is 0.500. The maximum absolute atomic E-state index is 5.43. The standard InChI is InChI=1S/C16H22O/c1-7-8-12(2)13-9-10-15(17-6)14(11-13)16(3,4)5/h1,9-12H,8H2,2-6H3. The Morgan fingerprint density at radius 2 is 2.00 bits per heavy atom. The number of terminal acetylenes is 1. The molecule has 0 spiro atoms. The highest BCUT2D eigenvalue weighted by Crippen LogP contribution is 2.34. The fourth-order valence-corrected chi connectivity index (χ4v) is 1.91. The lowest BCUT2D eigenvalue weighted by molar-refractivity contribution is 0.397. The summed E-state index contributed by atoms with van der Waals surface area (Å²) in [5, 5.41) is 0. The molecule has 17 heavy (non-hydrogen) atoms. The Kier molecular flexibility index (Phi) is 4.23. The Bertz CT molecular complexity index is 418. The van der Waals surface area contributed by atoms with Crippen molar-refractivity contribution in [3.63, 3.8) is 0 Å². The van der Waals surface area contributed by atoms with E-state index in [0.717, 1.165) is 12.2 Å². The second-order valence-corrected chi connectivity index (χ2v) is 5.52. The predicted octanol–water partition coefficient (Wildman–Crippen LogP) is 4.12. The monoisotopic (exact) mass is 230 g/mol. The van der Waals surface area contributed by atoms with E-state index in [1.165, 1.54) is 11.1 Å². The third-order valence-electron chi connectivity index (χ3n) is 3.02. The van der Waals surface area contributed by atoms with E-state index in [2.05, 4.69) is 45.7 Å². The first-order valence-electron chi connectivity index (χ1n) is 6.02. The molecule has 1 aromatic rings. The van der Waals surface area contributed by atoms with Crippen molar-refractivity contribution in [2.45, 2.75) is 45.4 Å². The van der Waals surface area contributed by atoms with Gasteiger partial charge >= 0.3 is 0 Å². The van der Waals surface area contributed by atoms with Crippen molar-refractivity contribution in [1.82, 2.24) is 0 Å². The summed E-state index contributed by atoms with van der Waals surface area (Å²) in [5.74, 6) is 4.07. The molecule has 0 fully saturated rings. The van der Waals surface area contributed by atoms with Crippen LogP contribution in [0.5, 0.6) is 5.75 Å². The molecule has 0 amide bonds. The molecule has 0 aliphatic carbocycles. The highest BCUT2D eigenvalue weighted by atomic mass is 16.5. The lowest BCUT2D eigenvalue weighted by atomic mass is 9.83. The molecule has 0 saturated carbocycles. The van der Waals surface area contributed by atoms with Gasteiger partial charge in [0.15, 0.2) is 0 Å². The minimum absolute atomic E-state index is 0.0806. The summed E-state index contributed by atoms with van der Waals surface area (Å²) in [6, 6.07) is 6.37. The van der Waals surface area contributed by atoms with E-state index in [4.69, 9.17) is 11.2 Å². The average Bonchev–Trinajstić information content (AvgIpc) is 2.27. The first-order valence-corrected chi connectivity index (χ1v) is 6.02. The first kappa shape index (κ1) is 13.6. The van der Waals surface area contributed by atoms with Gasteiger partial charge in [0.05, 0.1) is 7.11 Å². The molecular weight excluding hydrogens is 208 g/mol. The maximum atomic E-state index is 5.43. The minimum atomic E-state index is 0.0806. The topological polar surface area (TPSA) is 9.23 Å². The maximum Gasteiger partial charge on any atom is 0.122 e. The SMILES string of the molecule is C#CCC(C)c1ccc(OC)c(C(C)(C)C)c1. The van der Waals surface area contributed by atoms with Crippen LogP contribution < -0.4 is 4.74 Å². The summed E-state index contributed by atoms with van der Waals surface area (Å²) < 4.78 is 5.43. The summed E-state index contributed by atoms with van der Waals surface area (Å²) in [6.07, 6.45) is 6.15. The molecule has 0 aliphatic heterocycles. The van der Waals surface area contributed by atoms with Crippen LogP contribution in [0.25, 0.3) is 0 Å². The van der Waals surface area contributed by atoms with Crippen LogP contribution in [-0.4, -0.2) is 7.11 Å². The Balaban J connectivity index is 3.19. The lowest BCUT2D eigenvalue weighted by Crippen LogP contribution is -2.13. The van der Waals surface area contributed by atoms with Gasteiger partial charge in [0.2, 0.25) is 0 Å². The molecule has 0 saturated heterocycles. The van der Waals surface area contributed by atoms with E-state index in [1.807, 2.05) is 6.07 Å². The zero-order valence-electron chi connectivity index (χ0n) is 11.5. The van der Waals surface area contributed by atoms with Crippen LogP contribution in [0.4, 0.5) is 0 Å². The number of hydrogen-bond acceptors (Lipinski definition) is 1. The molecule has 0 bridgehead atoms. The summed E-state index contributed by atoms with van der Waals surface area (Å²) in [7, 11) is 1.72. The molecule has 1 nitrogen and oxygen atoms in total. The van der Waals surface area contributed by atoms with Crippen molar-refractivity contribution in [3.8, 4) is 18.1 Å². The van der Waals surface area contributed by atoms with Gasteiger partial charge in [-0.2, -0.15) is 0 Å². The second-order valence-electron chi connectivity index (χ2n) is 5.52. The predicted molar refractivity (Wildman–Crippen MR) is 73.6 cm³/mol. The van der Waals surface area contributed by atoms with Crippen molar-refractivity contribution in [1.29, 1.82) is 0 Å². The molecule has 1 heteroatoms. The van der Waals surface area contributed by atoms with Crippen LogP contribution in [0.2, 0.25) is 0 Å². The van der Waals surface area contributed by atoms with E-state index in [-0.39, 0.29) is 5.41 Å². The third kappa shape index (κ3) is 3.27. The van der Waals surface area contributed by atoms with E-state index >= 15 is 0 Å². The number of rotatable bonds is 3. The fourth-order valence-electron chi connectivity index (χ4n) is 1.91. The van der Waals surface area contributed by atoms with Crippen molar-refractivity contribution in [2.24, 2.45) is 0 Å². The van der Waals surface area contributed by atoms with Crippen LogP contribution >= 0.6 is 0 Å². The van der Waals surface area contributed by atoms with Gasteiger partial charge in [-0.3, -0.25) is 0 Å². The molecule has 1 unspecified atom stereocenters. The molecule has 0 aromatic heterocycles. The summed E-state index contributed by atoms with van der Waals surface area (Å²) in [5.41, 5.74) is 2.60. The number of hydrogen-bond donors (Lipinski definition) is 0. The molecule has 1 rings (SSSR count). The van der Waals surface area contributed by atoms with Crippen molar-refractivity contribution in [3.05, 3.63) is 29.3 Å². The summed E-state index contributed by atoms with van der Waals surface area (Å²) >= 11 is 0. The highest BCUT2D eigenvalue weighted by molar-refractivity contribution is 5.42. The zero-order valence-corrected chi connectivity index (χ0v) is 11.5. The van der Waals surface area contributed by atoms with Gasteiger partial charge in [-0.15, -0.1) is 12.3 Å². The zero-order chi connectivity index (χ0) is 13.1. The Hall–Kier alpha value is -1.42. The summed E-state index contributed by atoms with van der Waals surface area (Å²) in [6.45, 7) is 8.75. The van der Waals surface area contributed by atoms with E-state index in [9.17, 15) is 0 Å². The van der Waals surface area contributed by atoms with Crippen molar-refractivity contribution < 1.29 is 4.74 Å². The molecule has 0 radical (unpaired) electrons. The molecule has 0 aliphatic rings. The van der Waals surface area contributed by atoms with Gasteiger partial charge in [-0.05, 0) is 28.5 Å². The lowest BCUT2D eigenvalue weighted by Gasteiger charge is -2.24. The first-order chi connectivity index (χ1) is 7.90. The van der Waals surface area contributed by atoms with Gasteiger partial charge in [0.25, 0.3) is 0 Å². The highest BCUT2D eigenvalue weighted by Gasteiger charge is 2.20. The van der Waals surface area contributed by atoms with Crippen molar-refractivity contribution >= 4 is 0 Å². The molecule has 0 N–H and O–H groups in total. The van der Waals surface area contributed by atoms with Crippen LogP contribution in [0, 0.1) is 12.3 Å². The summed E-state index contributed by atoms with van der Waals surface area (Å²) in [4.78, 5) is 0. The molecule has 1 atom stereocenters. The number of ether oxygens (including phenoxy) is 1. The molecule has 1 aromatic carbocycles. The molecule has 0 heterocycles. The van der Waals surface area contributed by atoms with Crippen molar-refractivity contribution in [2.75, 3.05) is 7.11 Å². The minimum Gasteiger partial charge on any atom is -0.496 e. The largest absolute Gasteiger partial charge is 0.496 e. The van der Waals surface area contributed by atoms with Gasteiger partial charge < -0.3 is 4.74 Å². The molecule has 92 valence electrons. The van der Waals surface area contributed by atoms with Gasteiger partial charge in [0.1, 0.15) is 5.75 Å². The molecular formula is C16H22O. The normalized spacial score (nSPS) is 12.9. The van der Waals surface area contributed by atoms with Gasteiger partial charge in [-0.1, -0.05) is 39.8 Å². The van der Waals surface area contributed by atoms with E-state index in [1.54, 1.807) is 7.11 Å².